The molecule has 0 spiro atoms. The van der Waals surface area contributed by atoms with Crippen molar-refractivity contribution in [3.8, 4) is 0 Å². The summed E-state index contributed by atoms with van der Waals surface area (Å²) in [6.07, 6.45) is 1.40. The van der Waals surface area contributed by atoms with Gasteiger partial charge in [-0.15, -0.1) is 0 Å². The van der Waals surface area contributed by atoms with Crippen molar-refractivity contribution in [2.75, 3.05) is 14.1 Å². The first kappa shape index (κ1) is 10.7. The van der Waals surface area contributed by atoms with Gasteiger partial charge in [0.1, 0.15) is 6.33 Å². The van der Waals surface area contributed by atoms with Crippen molar-refractivity contribution in [1.82, 2.24) is 19.7 Å². The summed E-state index contributed by atoms with van der Waals surface area (Å²) in [5.41, 5.74) is -0.225. The average Bonchev–Trinajstić information content (AvgIpc) is 2.48. The number of hydrogen-bond donors (Lipinski definition) is 0. The van der Waals surface area contributed by atoms with Crippen LogP contribution in [0.4, 0.5) is 0 Å². The van der Waals surface area contributed by atoms with Gasteiger partial charge in [-0.05, 0) is 20.8 Å². The zero-order chi connectivity index (χ0) is 10.9. The number of hydrogen-bond acceptors (Lipinski definition) is 3. The second-order valence-corrected chi connectivity index (χ2v) is 4.37. The summed E-state index contributed by atoms with van der Waals surface area (Å²) in [6, 6.07) is 0. The van der Waals surface area contributed by atoms with E-state index in [-0.39, 0.29) is 11.4 Å². The summed E-state index contributed by atoms with van der Waals surface area (Å²) in [4.78, 5) is 17.1. The fraction of sp³-hybridized carbons (Fsp3) is 0.667. The monoisotopic (exact) mass is 196 g/mol. The van der Waals surface area contributed by atoms with Crippen LogP contribution >= 0.6 is 0 Å². The van der Waals surface area contributed by atoms with E-state index in [1.54, 1.807) is 18.8 Å². The molecule has 1 amide bonds. The Kier molecular flexibility index (Phi) is 2.59. The summed E-state index contributed by atoms with van der Waals surface area (Å²) in [7, 11) is 3.40. The number of carbonyl (C=O) groups is 1. The topological polar surface area (TPSA) is 51.0 Å². The van der Waals surface area contributed by atoms with E-state index < -0.39 is 0 Å². The molecule has 0 saturated carbocycles. The number of nitrogens with zero attached hydrogens (tertiary/aromatic N) is 4. The molecule has 0 fully saturated rings. The highest BCUT2D eigenvalue weighted by Gasteiger charge is 2.23. The maximum atomic E-state index is 11.7. The normalized spacial score (nSPS) is 11.5. The van der Waals surface area contributed by atoms with Gasteiger partial charge < -0.3 is 4.90 Å². The molecule has 5 heteroatoms. The molecule has 1 aromatic rings. The van der Waals surface area contributed by atoms with E-state index in [1.807, 2.05) is 20.8 Å². The van der Waals surface area contributed by atoms with E-state index in [4.69, 9.17) is 0 Å². The third-order valence-corrected chi connectivity index (χ3v) is 1.78. The Morgan fingerprint density at radius 3 is 2.43 bits per heavy atom. The Hall–Kier alpha value is -1.39. The maximum absolute atomic E-state index is 11.7. The van der Waals surface area contributed by atoms with Crippen molar-refractivity contribution in [2.45, 2.75) is 26.3 Å². The van der Waals surface area contributed by atoms with Gasteiger partial charge in [0.25, 0.3) is 5.91 Å². The summed E-state index contributed by atoms with van der Waals surface area (Å²) in [5, 5.41) is 4.05. The van der Waals surface area contributed by atoms with E-state index >= 15 is 0 Å². The fourth-order valence-electron chi connectivity index (χ4n) is 1.08. The SMILES string of the molecule is CN(C)C(=O)c1ncnn1C(C)(C)C. The quantitative estimate of drug-likeness (QED) is 0.665. The molecule has 0 radical (unpaired) electrons. The first-order valence-corrected chi connectivity index (χ1v) is 4.46. The van der Waals surface area contributed by atoms with Gasteiger partial charge in [0.15, 0.2) is 0 Å². The van der Waals surface area contributed by atoms with Gasteiger partial charge in [0, 0.05) is 14.1 Å². The predicted octanol–water partition coefficient (Wildman–Crippen LogP) is 0.735. The molecule has 1 heterocycles. The summed E-state index contributed by atoms with van der Waals surface area (Å²) >= 11 is 0. The summed E-state index contributed by atoms with van der Waals surface area (Å²) in [6.45, 7) is 5.94. The summed E-state index contributed by atoms with van der Waals surface area (Å²) < 4.78 is 1.63. The van der Waals surface area contributed by atoms with Crippen molar-refractivity contribution in [2.24, 2.45) is 0 Å². The highest BCUT2D eigenvalue weighted by atomic mass is 16.2. The molecular weight excluding hydrogens is 180 g/mol. The highest BCUT2D eigenvalue weighted by Crippen LogP contribution is 2.14. The third kappa shape index (κ3) is 1.92. The van der Waals surface area contributed by atoms with Crippen molar-refractivity contribution in [3.05, 3.63) is 12.2 Å². The molecule has 1 rings (SSSR count). The van der Waals surface area contributed by atoms with Gasteiger partial charge >= 0.3 is 0 Å². The molecular formula is C9H16N4O. The average molecular weight is 196 g/mol. The number of aromatic nitrogens is 3. The van der Waals surface area contributed by atoms with Crippen LogP contribution in [0.15, 0.2) is 6.33 Å². The molecule has 0 aromatic carbocycles. The number of amides is 1. The van der Waals surface area contributed by atoms with Crippen LogP contribution in [0, 0.1) is 0 Å². The van der Waals surface area contributed by atoms with Crippen molar-refractivity contribution < 1.29 is 4.79 Å². The molecule has 14 heavy (non-hydrogen) atoms. The highest BCUT2D eigenvalue weighted by molar-refractivity contribution is 5.90. The fourth-order valence-corrected chi connectivity index (χ4v) is 1.08. The van der Waals surface area contributed by atoms with Crippen LogP contribution in [0.5, 0.6) is 0 Å². The smallest absolute Gasteiger partial charge is 0.290 e. The zero-order valence-corrected chi connectivity index (χ0v) is 9.27. The minimum Gasteiger partial charge on any atom is -0.342 e. The van der Waals surface area contributed by atoms with Gasteiger partial charge in [0.05, 0.1) is 5.54 Å². The van der Waals surface area contributed by atoms with Gasteiger partial charge in [-0.3, -0.25) is 4.79 Å². The van der Waals surface area contributed by atoms with Crippen molar-refractivity contribution in [3.63, 3.8) is 0 Å². The molecule has 0 bridgehead atoms. The molecule has 0 N–H and O–H groups in total. The maximum Gasteiger partial charge on any atom is 0.290 e. The lowest BCUT2D eigenvalue weighted by Gasteiger charge is -2.21. The van der Waals surface area contributed by atoms with Gasteiger partial charge in [-0.2, -0.15) is 5.10 Å². The Bertz CT molecular complexity index is 335. The van der Waals surface area contributed by atoms with Crippen LogP contribution < -0.4 is 0 Å². The van der Waals surface area contributed by atoms with Crippen molar-refractivity contribution >= 4 is 5.91 Å². The first-order chi connectivity index (χ1) is 6.34. The molecule has 1 aromatic heterocycles. The lowest BCUT2D eigenvalue weighted by molar-refractivity contribution is 0.0801. The molecule has 0 aliphatic rings. The van der Waals surface area contributed by atoms with Gasteiger partial charge in [-0.1, -0.05) is 0 Å². The predicted molar refractivity (Wildman–Crippen MR) is 53.0 cm³/mol. The van der Waals surface area contributed by atoms with E-state index in [0.29, 0.717) is 5.82 Å². The lowest BCUT2D eigenvalue weighted by atomic mass is 10.1. The Balaban J connectivity index is 3.12. The van der Waals surface area contributed by atoms with Crippen LogP contribution in [0.3, 0.4) is 0 Å². The molecule has 0 unspecified atom stereocenters. The van der Waals surface area contributed by atoms with E-state index in [9.17, 15) is 4.79 Å². The Labute approximate surface area is 83.7 Å². The van der Waals surface area contributed by atoms with Crippen molar-refractivity contribution in [1.29, 1.82) is 0 Å². The van der Waals surface area contributed by atoms with Gasteiger partial charge in [0.2, 0.25) is 5.82 Å². The standard InChI is InChI=1S/C9H16N4O/c1-9(2,3)13-7(10-6-11-13)8(14)12(4)5/h6H,1-5H3. The molecule has 0 aliphatic heterocycles. The minimum absolute atomic E-state index is 0.127. The second kappa shape index (κ2) is 3.40. The third-order valence-electron chi connectivity index (χ3n) is 1.78. The Morgan fingerprint density at radius 1 is 1.43 bits per heavy atom. The number of rotatable bonds is 1. The zero-order valence-electron chi connectivity index (χ0n) is 9.27. The van der Waals surface area contributed by atoms with E-state index in [1.165, 1.54) is 11.2 Å². The van der Waals surface area contributed by atoms with Crippen LogP contribution in [-0.2, 0) is 5.54 Å². The minimum atomic E-state index is -0.225. The number of carbonyl (C=O) groups excluding carboxylic acids is 1. The first-order valence-electron chi connectivity index (χ1n) is 4.46. The molecule has 0 aliphatic carbocycles. The lowest BCUT2D eigenvalue weighted by Crippen LogP contribution is -2.32. The molecule has 78 valence electrons. The van der Waals surface area contributed by atoms with Gasteiger partial charge in [-0.25, -0.2) is 9.67 Å². The molecule has 5 nitrogen and oxygen atoms in total. The van der Waals surface area contributed by atoms with E-state index in [2.05, 4.69) is 10.1 Å². The molecule has 0 saturated heterocycles. The second-order valence-electron chi connectivity index (χ2n) is 4.37. The van der Waals surface area contributed by atoms with Crippen LogP contribution in [-0.4, -0.2) is 39.7 Å². The van der Waals surface area contributed by atoms with E-state index in [0.717, 1.165) is 0 Å². The largest absolute Gasteiger partial charge is 0.342 e. The summed E-state index contributed by atoms with van der Waals surface area (Å²) in [5.74, 6) is 0.250. The van der Waals surface area contributed by atoms with Crippen LogP contribution in [0.25, 0.3) is 0 Å². The Morgan fingerprint density at radius 2 is 2.00 bits per heavy atom. The molecule has 0 atom stereocenters. The van der Waals surface area contributed by atoms with Crippen LogP contribution in [0.1, 0.15) is 31.4 Å². The van der Waals surface area contributed by atoms with Crippen LogP contribution in [0.2, 0.25) is 0 Å².